The highest BCUT2D eigenvalue weighted by Gasteiger charge is 2.40. The number of nitrogens with one attached hydrogen (secondary N) is 1. The van der Waals surface area contributed by atoms with Gasteiger partial charge >= 0.3 is 0 Å². The predicted octanol–water partition coefficient (Wildman–Crippen LogP) is 2.50. The van der Waals surface area contributed by atoms with Crippen LogP contribution in [0.2, 0.25) is 0 Å². The van der Waals surface area contributed by atoms with Crippen LogP contribution in [-0.2, 0) is 9.53 Å². The Bertz CT molecular complexity index is 791. The standard InChI is InChI=1S/C18H20N2O4/c1-11-10-13(11)17(21)19-15-12-4-2-3-5-14(12)24-16(15)18(22)20-6-8-23-9-7-20/h2-5,11,13H,6-10H2,1H3,(H,19,21)/t11-,13+/m0/s1. The lowest BCUT2D eigenvalue weighted by Crippen LogP contribution is -2.40. The fourth-order valence-electron chi connectivity index (χ4n) is 3.13. The van der Waals surface area contributed by atoms with E-state index < -0.39 is 0 Å². The topological polar surface area (TPSA) is 71.8 Å². The summed E-state index contributed by atoms with van der Waals surface area (Å²) >= 11 is 0. The maximum Gasteiger partial charge on any atom is 0.291 e. The number of ether oxygens (including phenoxy) is 1. The van der Waals surface area contributed by atoms with Gasteiger partial charge in [0.15, 0.2) is 0 Å². The van der Waals surface area contributed by atoms with Crippen LogP contribution in [0.4, 0.5) is 5.69 Å². The number of hydrogen-bond acceptors (Lipinski definition) is 4. The first kappa shape index (κ1) is 15.2. The number of benzene rings is 1. The number of carbonyl (C=O) groups excluding carboxylic acids is 2. The van der Waals surface area contributed by atoms with E-state index in [1.807, 2.05) is 18.2 Å². The molecule has 0 spiro atoms. The molecule has 6 nitrogen and oxygen atoms in total. The lowest BCUT2D eigenvalue weighted by atomic mass is 10.2. The number of nitrogens with zero attached hydrogens (tertiary/aromatic N) is 1. The zero-order valence-corrected chi connectivity index (χ0v) is 13.6. The molecule has 4 rings (SSSR count). The number of fused-ring (bicyclic) bond motifs is 1. The Morgan fingerprint density at radius 1 is 1.21 bits per heavy atom. The summed E-state index contributed by atoms with van der Waals surface area (Å²) in [5, 5.41) is 3.69. The molecular weight excluding hydrogens is 308 g/mol. The number of morpholine rings is 1. The Morgan fingerprint density at radius 2 is 1.92 bits per heavy atom. The molecule has 1 aromatic heterocycles. The van der Waals surface area contributed by atoms with Gasteiger partial charge < -0.3 is 19.4 Å². The van der Waals surface area contributed by atoms with Crippen LogP contribution in [0.1, 0.15) is 23.9 Å². The second-order valence-corrected chi connectivity index (χ2v) is 6.52. The molecule has 2 atom stereocenters. The smallest absolute Gasteiger partial charge is 0.291 e. The van der Waals surface area contributed by atoms with E-state index in [1.165, 1.54) is 0 Å². The molecule has 2 amide bonds. The van der Waals surface area contributed by atoms with Gasteiger partial charge in [0.25, 0.3) is 5.91 Å². The van der Waals surface area contributed by atoms with Crippen LogP contribution in [0.3, 0.4) is 0 Å². The Kier molecular flexibility index (Phi) is 3.76. The summed E-state index contributed by atoms with van der Waals surface area (Å²) in [6, 6.07) is 7.39. The molecule has 6 heteroatoms. The average Bonchev–Trinajstić information content (AvgIpc) is 3.24. The van der Waals surface area contributed by atoms with Crippen molar-refractivity contribution in [3.8, 4) is 0 Å². The number of para-hydroxylation sites is 1. The van der Waals surface area contributed by atoms with Crippen molar-refractivity contribution < 1.29 is 18.7 Å². The Labute approximate surface area is 139 Å². The first-order chi connectivity index (χ1) is 11.6. The van der Waals surface area contributed by atoms with E-state index in [9.17, 15) is 9.59 Å². The van der Waals surface area contributed by atoms with E-state index in [2.05, 4.69) is 12.2 Å². The van der Waals surface area contributed by atoms with Gasteiger partial charge in [-0.15, -0.1) is 0 Å². The summed E-state index contributed by atoms with van der Waals surface area (Å²) in [7, 11) is 0. The molecule has 0 unspecified atom stereocenters. The third-order valence-electron chi connectivity index (χ3n) is 4.78. The zero-order chi connectivity index (χ0) is 16.7. The van der Waals surface area contributed by atoms with Gasteiger partial charge in [0.05, 0.1) is 13.2 Å². The van der Waals surface area contributed by atoms with Crippen molar-refractivity contribution in [3.05, 3.63) is 30.0 Å². The SMILES string of the molecule is C[C@H]1C[C@H]1C(=O)Nc1c(C(=O)N2CCOCC2)oc2ccccc12. The minimum Gasteiger partial charge on any atom is -0.449 e. The molecule has 2 fully saturated rings. The van der Waals surface area contributed by atoms with Crippen LogP contribution >= 0.6 is 0 Å². The van der Waals surface area contributed by atoms with Crippen LogP contribution in [-0.4, -0.2) is 43.0 Å². The van der Waals surface area contributed by atoms with Crippen LogP contribution < -0.4 is 5.32 Å². The van der Waals surface area contributed by atoms with Crippen LogP contribution in [0, 0.1) is 11.8 Å². The fraction of sp³-hybridized carbons (Fsp3) is 0.444. The van der Waals surface area contributed by atoms with Crippen molar-refractivity contribution in [2.45, 2.75) is 13.3 Å². The molecule has 0 bridgehead atoms. The molecule has 1 aliphatic carbocycles. The molecule has 1 N–H and O–H groups in total. The highest BCUT2D eigenvalue weighted by molar-refractivity contribution is 6.11. The van der Waals surface area contributed by atoms with Gasteiger partial charge in [-0.2, -0.15) is 0 Å². The molecule has 126 valence electrons. The van der Waals surface area contributed by atoms with Crippen LogP contribution in [0.5, 0.6) is 0 Å². The van der Waals surface area contributed by atoms with Crippen molar-refractivity contribution in [1.82, 2.24) is 4.90 Å². The number of rotatable bonds is 3. The number of hydrogen-bond donors (Lipinski definition) is 1. The highest BCUT2D eigenvalue weighted by atomic mass is 16.5. The van der Waals surface area contributed by atoms with E-state index in [4.69, 9.17) is 9.15 Å². The van der Waals surface area contributed by atoms with Gasteiger partial charge in [0, 0.05) is 24.4 Å². The molecule has 2 heterocycles. The van der Waals surface area contributed by atoms with Crippen molar-refractivity contribution in [1.29, 1.82) is 0 Å². The van der Waals surface area contributed by atoms with Gasteiger partial charge in [-0.05, 0) is 24.5 Å². The third kappa shape index (κ3) is 2.67. The first-order valence-electron chi connectivity index (χ1n) is 8.34. The predicted molar refractivity (Wildman–Crippen MR) is 88.8 cm³/mol. The van der Waals surface area contributed by atoms with E-state index in [0.717, 1.165) is 11.8 Å². The van der Waals surface area contributed by atoms with Crippen molar-refractivity contribution in [2.75, 3.05) is 31.6 Å². The molecule has 2 aromatic rings. The average molecular weight is 328 g/mol. The quantitative estimate of drug-likeness (QED) is 0.940. The summed E-state index contributed by atoms with van der Waals surface area (Å²) in [5.41, 5.74) is 1.10. The second-order valence-electron chi connectivity index (χ2n) is 6.52. The molecular formula is C18H20N2O4. The van der Waals surface area contributed by atoms with E-state index in [1.54, 1.807) is 11.0 Å². The Morgan fingerprint density at radius 3 is 2.62 bits per heavy atom. The van der Waals surface area contributed by atoms with Gasteiger partial charge in [0.2, 0.25) is 11.7 Å². The number of carbonyl (C=O) groups is 2. The van der Waals surface area contributed by atoms with E-state index in [0.29, 0.717) is 43.5 Å². The molecule has 1 aliphatic heterocycles. The molecule has 1 saturated carbocycles. The zero-order valence-electron chi connectivity index (χ0n) is 13.6. The molecule has 24 heavy (non-hydrogen) atoms. The van der Waals surface area contributed by atoms with Gasteiger partial charge in [-0.25, -0.2) is 0 Å². The fourth-order valence-corrected chi connectivity index (χ4v) is 3.13. The second kappa shape index (κ2) is 5.94. The summed E-state index contributed by atoms with van der Waals surface area (Å²) in [6.07, 6.45) is 0.897. The van der Waals surface area contributed by atoms with Crippen molar-refractivity contribution >= 4 is 28.5 Å². The molecule has 0 radical (unpaired) electrons. The highest BCUT2D eigenvalue weighted by Crippen LogP contribution is 2.40. The molecule has 1 aromatic carbocycles. The summed E-state index contributed by atoms with van der Waals surface area (Å²) in [6.45, 7) is 4.16. The minimum atomic E-state index is -0.200. The van der Waals surface area contributed by atoms with Gasteiger partial charge in [-0.3, -0.25) is 9.59 Å². The third-order valence-corrected chi connectivity index (χ3v) is 4.78. The Hall–Kier alpha value is -2.34. The van der Waals surface area contributed by atoms with E-state index >= 15 is 0 Å². The maximum absolute atomic E-state index is 12.8. The van der Waals surface area contributed by atoms with Crippen molar-refractivity contribution in [2.24, 2.45) is 11.8 Å². The summed E-state index contributed by atoms with van der Waals surface area (Å²) in [4.78, 5) is 26.9. The van der Waals surface area contributed by atoms with E-state index in [-0.39, 0.29) is 23.5 Å². The lowest BCUT2D eigenvalue weighted by Gasteiger charge is -2.26. The number of furan rings is 1. The first-order valence-corrected chi connectivity index (χ1v) is 8.34. The van der Waals surface area contributed by atoms with Crippen LogP contribution in [0.15, 0.2) is 28.7 Å². The van der Waals surface area contributed by atoms with Crippen molar-refractivity contribution in [3.63, 3.8) is 0 Å². The number of anilines is 1. The monoisotopic (exact) mass is 328 g/mol. The summed E-state index contributed by atoms with van der Waals surface area (Å²) in [5.74, 6) is 0.407. The molecule has 1 saturated heterocycles. The number of amides is 2. The van der Waals surface area contributed by atoms with Crippen LogP contribution in [0.25, 0.3) is 11.0 Å². The molecule has 2 aliphatic rings. The lowest BCUT2D eigenvalue weighted by molar-refractivity contribution is -0.117. The van der Waals surface area contributed by atoms with Gasteiger partial charge in [-0.1, -0.05) is 19.1 Å². The summed E-state index contributed by atoms with van der Waals surface area (Å²) < 4.78 is 11.1. The maximum atomic E-state index is 12.8. The largest absolute Gasteiger partial charge is 0.449 e. The van der Waals surface area contributed by atoms with Gasteiger partial charge in [0.1, 0.15) is 11.3 Å². The normalized spacial score (nSPS) is 23.3. The Balaban J connectivity index is 1.69. The minimum absolute atomic E-state index is 0.0324.